The van der Waals surface area contributed by atoms with Crippen LogP contribution in [0.1, 0.15) is 426 Å². The van der Waals surface area contributed by atoms with E-state index in [1.807, 2.05) is 0 Å². The summed E-state index contributed by atoms with van der Waals surface area (Å²) >= 11 is 0. The summed E-state index contributed by atoms with van der Waals surface area (Å²) in [6.07, 6.45) is 71.7. The van der Waals surface area contributed by atoms with Crippen molar-refractivity contribution < 1.29 is 80.2 Å². The van der Waals surface area contributed by atoms with Crippen LogP contribution in [0.2, 0.25) is 0 Å². The lowest BCUT2D eigenvalue weighted by Gasteiger charge is -2.21. The summed E-state index contributed by atoms with van der Waals surface area (Å²) in [7, 11) is -9.94. The Morgan fingerprint density at radius 3 is 0.825 bits per heavy atom. The topological polar surface area (TPSA) is 237 Å². The number of carbonyl (C=O) groups is 4. The van der Waals surface area contributed by atoms with Gasteiger partial charge in [0.25, 0.3) is 0 Å². The number of allylic oxidation sites excluding steroid dienone is 4. The molecule has 0 aliphatic carbocycles. The fraction of sp³-hybridized carbons (Fsp3) is 0.905. The second-order valence-corrected chi connectivity index (χ2v) is 32.7. The van der Waals surface area contributed by atoms with Gasteiger partial charge in [-0.2, -0.15) is 0 Å². The van der Waals surface area contributed by atoms with E-state index in [0.29, 0.717) is 25.7 Å². The third-order valence-electron chi connectivity index (χ3n) is 19.5. The Kier molecular flexibility index (Phi) is 74.5. The van der Waals surface area contributed by atoms with Crippen molar-refractivity contribution in [3.63, 3.8) is 0 Å². The third kappa shape index (κ3) is 76.1. The largest absolute Gasteiger partial charge is 0.472 e. The predicted octanol–water partition coefficient (Wildman–Crippen LogP) is 25.1. The van der Waals surface area contributed by atoms with Crippen molar-refractivity contribution in [3.05, 3.63) is 24.3 Å². The lowest BCUT2D eigenvalue weighted by atomic mass is 10.00. The number of phosphoric ester groups is 2. The maximum Gasteiger partial charge on any atom is 0.472 e. The molecule has 3 unspecified atom stereocenters. The molecule has 0 aromatic carbocycles. The van der Waals surface area contributed by atoms with Crippen molar-refractivity contribution in [2.75, 3.05) is 39.6 Å². The number of hydrogen-bond acceptors (Lipinski definition) is 15. The number of ether oxygens (including phenoxy) is 4. The molecule has 0 aliphatic heterocycles. The third-order valence-corrected chi connectivity index (χ3v) is 21.4. The summed E-state index contributed by atoms with van der Waals surface area (Å²) in [5.74, 6) is -1.41. The highest BCUT2D eigenvalue weighted by Gasteiger charge is 2.30. The van der Waals surface area contributed by atoms with E-state index >= 15 is 0 Å². The van der Waals surface area contributed by atoms with Crippen LogP contribution >= 0.6 is 15.6 Å². The Bertz CT molecular complexity index is 2060. The quantitative estimate of drug-likeness (QED) is 0.0169. The van der Waals surface area contributed by atoms with Crippen molar-refractivity contribution in [2.45, 2.75) is 445 Å². The number of hydrogen-bond donors (Lipinski definition) is 3. The van der Waals surface area contributed by atoms with E-state index in [1.54, 1.807) is 0 Å². The molecule has 0 aliphatic rings. The first-order valence-corrected chi connectivity index (χ1v) is 46.0. The zero-order valence-corrected chi connectivity index (χ0v) is 68.7. The first kappa shape index (κ1) is 101. The van der Waals surface area contributed by atoms with Crippen LogP contribution in [0.4, 0.5) is 0 Å². The Labute approximate surface area is 631 Å². The minimum absolute atomic E-state index is 0.0846. The van der Waals surface area contributed by atoms with Crippen molar-refractivity contribution in [3.8, 4) is 0 Å². The van der Waals surface area contributed by atoms with Gasteiger partial charge in [0.1, 0.15) is 19.3 Å². The first-order valence-electron chi connectivity index (χ1n) is 43.0. The number of aliphatic hydroxyl groups excluding tert-OH is 1. The van der Waals surface area contributed by atoms with Crippen LogP contribution in [0.5, 0.6) is 0 Å². The van der Waals surface area contributed by atoms with Gasteiger partial charge in [-0.1, -0.05) is 374 Å². The van der Waals surface area contributed by atoms with E-state index in [4.69, 9.17) is 37.0 Å². The summed E-state index contributed by atoms with van der Waals surface area (Å²) in [5.41, 5.74) is 0. The number of unbranched alkanes of at least 4 members (excludes halogenated alkanes) is 50. The number of phosphoric acid groups is 2. The fourth-order valence-corrected chi connectivity index (χ4v) is 14.1. The van der Waals surface area contributed by atoms with E-state index in [-0.39, 0.29) is 25.7 Å². The fourth-order valence-electron chi connectivity index (χ4n) is 12.5. The van der Waals surface area contributed by atoms with Gasteiger partial charge < -0.3 is 33.8 Å². The molecule has 0 spiro atoms. The number of rotatable bonds is 82. The van der Waals surface area contributed by atoms with E-state index in [9.17, 15) is 43.2 Å². The number of carbonyl (C=O) groups excluding carboxylic acids is 4. The molecule has 0 aromatic rings. The lowest BCUT2D eigenvalue weighted by molar-refractivity contribution is -0.161. The minimum atomic E-state index is -4.97. The Balaban J connectivity index is 5.26. The normalized spacial score (nSPS) is 14.2. The smallest absolute Gasteiger partial charge is 0.462 e. The van der Waals surface area contributed by atoms with Crippen LogP contribution in [0.15, 0.2) is 24.3 Å². The molecule has 0 amide bonds. The second kappa shape index (κ2) is 76.3. The standard InChI is InChI=1S/C84H160O17P2/c1-6-10-13-16-19-22-25-28-31-33-35-36-38-41-44-47-50-53-60-65-69-83(88)100-79(73-94-81(86)67-62-57-51-48-45-42-40-37-34-32-29-26-23-20-17-14-11-7-2)75-98-102(90,91)96-71-78(85)72-97-103(92,93)99-76-80(74-95-82(87)68-63-58-55-54-56-61-66-77(5)9-4)101-84(89)70-64-59-52-49-46-43-39-30-27-24-21-18-15-12-8-3/h24,27,30,39,77-80,85H,6-23,25-26,28-29,31-38,40-76H2,1-5H3,(H,90,91)(H,92,93)/b27-24-,39-30-/t77?,78-,79-,80-/m1/s1. The van der Waals surface area contributed by atoms with Crippen molar-refractivity contribution >= 4 is 39.5 Å². The second-order valence-electron chi connectivity index (χ2n) is 29.8. The van der Waals surface area contributed by atoms with E-state index in [2.05, 4.69) is 58.9 Å². The highest BCUT2D eigenvalue weighted by Crippen LogP contribution is 2.45. The van der Waals surface area contributed by atoms with Crippen LogP contribution in [-0.2, 0) is 65.4 Å². The van der Waals surface area contributed by atoms with E-state index in [0.717, 1.165) is 115 Å². The van der Waals surface area contributed by atoms with Crippen LogP contribution in [0.25, 0.3) is 0 Å². The van der Waals surface area contributed by atoms with Crippen molar-refractivity contribution in [1.82, 2.24) is 0 Å². The molecule has 0 radical (unpaired) electrons. The average Bonchev–Trinajstić information content (AvgIpc) is 0.921. The van der Waals surface area contributed by atoms with Gasteiger partial charge in [-0.25, -0.2) is 9.13 Å². The zero-order chi connectivity index (χ0) is 75.5. The molecule has 0 bridgehead atoms. The minimum Gasteiger partial charge on any atom is -0.462 e. The van der Waals surface area contributed by atoms with Gasteiger partial charge in [-0.05, 0) is 57.3 Å². The van der Waals surface area contributed by atoms with Crippen LogP contribution in [-0.4, -0.2) is 96.7 Å². The predicted molar refractivity (Wildman–Crippen MR) is 423 cm³/mol. The van der Waals surface area contributed by atoms with Crippen LogP contribution in [0.3, 0.4) is 0 Å². The van der Waals surface area contributed by atoms with Gasteiger partial charge in [-0.15, -0.1) is 0 Å². The molecule has 0 saturated heterocycles. The molecule has 103 heavy (non-hydrogen) atoms. The summed E-state index contributed by atoms with van der Waals surface area (Å²) in [5, 5.41) is 10.7. The van der Waals surface area contributed by atoms with Gasteiger partial charge in [0, 0.05) is 25.7 Å². The number of aliphatic hydroxyl groups is 1. The zero-order valence-electron chi connectivity index (χ0n) is 66.9. The molecule has 17 nitrogen and oxygen atoms in total. The molecule has 6 atom stereocenters. The number of esters is 4. The molecule has 0 fully saturated rings. The van der Waals surface area contributed by atoms with Crippen molar-refractivity contribution in [2.24, 2.45) is 5.92 Å². The highest BCUT2D eigenvalue weighted by atomic mass is 31.2. The maximum atomic E-state index is 13.1. The van der Waals surface area contributed by atoms with Crippen molar-refractivity contribution in [1.29, 1.82) is 0 Å². The molecular formula is C84H160O17P2. The molecular weight excluding hydrogens is 1340 g/mol. The van der Waals surface area contributed by atoms with Gasteiger partial charge in [0.15, 0.2) is 12.2 Å². The monoisotopic (exact) mass is 1500 g/mol. The summed E-state index contributed by atoms with van der Waals surface area (Å²) < 4.78 is 68.8. The van der Waals surface area contributed by atoms with Crippen LogP contribution in [0, 0.1) is 5.92 Å². The molecule has 3 N–H and O–H groups in total. The van der Waals surface area contributed by atoms with Gasteiger partial charge in [-0.3, -0.25) is 37.3 Å². The van der Waals surface area contributed by atoms with E-state index in [1.165, 1.54) is 231 Å². The summed E-state index contributed by atoms with van der Waals surface area (Å²) in [6, 6.07) is 0. The molecule has 608 valence electrons. The molecule has 0 saturated carbocycles. The SMILES string of the molecule is CCCCCC/C=C\C=C/CCCCCCCC(=O)O[C@H](COC(=O)CCCCCCCCC(C)CC)COP(=O)(O)OC[C@H](O)COP(=O)(O)OC[C@@H](COC(=O)CCCCCCCCCCCCCCCCCCCC)OC(=O)CCCCCCCCCCCCCCCCCCCCCC. The van der Waals surface area contributed by atoms with E-state index < -0.39 is 97.5 Å². The van der Waals surface area contributed by atoms with Crippen LogP contribution < -0.4 is 0 Å². The summed E-state index contributed by atoms with van der Waals surface area (Å²) in [6.45, 7) is 7.24. The van der Waals surface area contributed by atoms with Gasteiger partial charge >= 0.3 is 39.5 Å². The first-order chi connectivity index (χ1) is 50.1. The average molecular weight is 1500 g/mol. The Morgan fingerprint density at radius 2 is 0.544 bits per heavy atom. The Hall–Kier alpha value is -2.46. The highest BCUT2D eigenvalue weighted by molar-refractivity contribution is 7.47. The molecule has 0 heterocycles. The lowest BCUT2D eigenvalue weighted by Crippen LogP contribution is -2.30. The molecule has 19 heteroatoms. The Morgan fingerprint density at radius 1 is 0.311 bits per heavy atom. The van der Waals surface area contributed by atoms with Gasteiger partial charge in [0.2, 0.25) is 0 Å². The molecule has 0 rings (SSSR count). The van der Waals surface area contributed by atoms with Gasteiger partial charge in [0.05, 0.1) is 26.4 Å². The maximum absolute atomic E-state index is 13.1. The summed E-state index contributed by atoms with van der Waals surface area (Å²) in [4.78, 5) is 73.1. The molecule has 0 aromatic heterocycles.